The van der Waals surface area contributed by atoms with Gasteiger partial charge in [0.15, 0.2) is 0 Å². The van der Waals surface area contributed by atoms with E-state index in [0.29, 0.717) is 29.1 Å². The summed E-state index contributed by atoms with van der Waals surface area (Å²) in [6.45, 7) is 6.07. The van der Waals surface area contributed by atoms with Crippen molar-refractivity contribution in [2.75, 3.05) is 0 Å². The molecule has 2 fully saturated rings. The second-order valence-corrected chi connectivity index (χ2v) is 7.86. The normalized spacial score (nSPS) is 17.2. The lowest BCUT2D eigenvalue weighted by atomic mass is 10.0. The molecule has 2 aliphatic carbocycles. The molecule has 3 aromatic rings. The van der Waals surface area contributed by atoms with Gasteiger partial charge in [0.1, 0.15) is 23.1 Å². The summed E-state index contributed by atoms with van der Waals surface area (Å²) in [6, 6.07) is 6.32. The molecule has 0 unspecified atom stereocenters. The molecule has 0 saturated heterocycles. The topological polar surface area (TPSA) is 61.0 Å². The molecule has 0 aliphatic heterocycles. The summed E-state index contributed by atoms with van der Waals surface area (Å²) in [7, 11) is 0. The molecule has 134 valence electrons. The van der Waals surface area contributed by atoms with Crippen LogP contribution >= 0.6 is 0 Å². The molecule has 2 saturated carbocycles. The summed E-state index contributed by atoms with van der Waals surface area (Å²) in [4.78, 5) is 9.16. The van der Waals surface area contributed by atoms with Crippen molar-refractivity contribution in [3.63, 3.8) is 0 Å². The third-order valence-electron chi connectivity index (χ3n) is 5.46. The summed E-state index contributed by atoms with van der Waals surface area (Å²) in [6.07, 6.45) is 5.32. The fraction of sp³-hybridized carbons (Fsp3) is 0.476. The summed E-state index contributed by atoms with van der Waals surface area (Å²) >= 11 is 0. The van der Waals surface area contributed by atoms with E-state index in [1.807, 2.05) is 6.92 Å². The van der Waals surface area contributed by atoms with Gasteiger partial charge < -0.3 is 9.26 Å². The first-order valence-corrected chi connectivity index (χ1v) is 9.48. The fourth-order valence-corrected chi connectivity index (χ4v) is 3.81. The van der Waals surface area contributed by atoms with E-state index in [2.05, 4.69) is 47.2 Å². The minimum Gasteiger partial charge on any atom is -0.471 e. The van der Waals surface area contributed by atoms with Gasteiger partial charge in [-0.25, -0.2) is 4.98 Å². The first-order chi connectivity index (χ1) is 12.6. The monoisotopic (exact) mass is 349 g/mol. The number of hydrogen-bond donors (Lipinski definition) is 0. The van der Waals surface area contributed by atoms with E-state index >= 15 is 0 Å². The lowest BCUT2D eigenvalue weighted by molar-refractivity contribution is 0.147. The third-order valence-corrected chi connectivity index (χ3v) is 5.46. The fourth-order valence-electron chi connectivity index (χ4n) is 3.81. The van der Waals surface area contributed by atoms with Gasteiger partial charge in [-0.1, -0.05) is 28.9 Å². The van der Waals surface area contributed by atoms with Crippen molar-refractivity contribution in [2.24, 2.45) is 11.8 Å². The molecule has 0 amide bonds. The highest BCUT2D eigenvalue weighted by atomic mass is 16.5. The van der Waals surface area contributed by atoms with Crippen LogP contribution < -0.4 is 4.74 Å². The molecule has 1 aromatic carbocycles. The second-order valence-electron chi connectivity index (χ2n) is 7.86. The van der Waals surface area contributed by atoms with Crippen LogP contribution in [0.4, 0.5) is 0 Å². The van der Waals surface area contributed by atoms with Gasteiger partial charge in [0.25, 0.3) is 5.88 Å². The Hall–Kier alpha value is -2.43. The van der Waals surface area contributed by atoms with Gasteiger partial charge in [0.2, 0.25) is 5.58 Å². The Bertz CT molecular complexity index is 974. The van der Waals surface area contributed by atoms with Crippen LogP contribution in [0.15, 0.2) is 22.7 Å². The molecule has 0 atom stereocenters. The Morgan fingerprint density at radius 3 is 2.42 bits per heavy atom. The standard InChI is InChI=1S/C21H23N3O2/c1-11-4-9-16(12(2)10-11)17-18-20(26-24-17)21(23-13(3)22-18)25-19(14-5-6-14)15-7-8-15/h4,9-10,14-15,19H,5-8H2,1-3H3. The maximum atomic E-state index is 6.37. The van der Waals surface area contributed by atoms with Crippen LogP contribution in [0.25, 0.3) is 22.4 Å². The van der Waals surface area contributed by atoms with Gasteiger partial charge in [-0.2, -0.15) is 4.98 Å². The van der Waals surface area contributed by atoms with Crippen LogP contribution in [0, 0.1) is 32.6 Å². The molecule has 26 heavy (non-hydrogen) atoms. The lowest BCUT2D eigenvalue weighted by Crippen LogP contribution is -2.22. The molecule has 0 bridgehead atoms. The number of benzene rings is 1. The number of ether oxygens (including phenoxy) is 1. The number of nitrogens with zero attached hydrogens (tertiary/aromatic N) is 3. The first kappa shape index (κ1) is 15.8. The summed E-state index contributed by atoms with van der Waals surface area (Å²) in [5.41, 5.74) is 5.50. The molecule has 2 aliphatic rings. The van der Waals surface area contributed by atoms with Gasteiger partial charge in [-0.3, -0.25) is 0 Å². The van der Waals surface area contributed by atoms with Crippen LogP contribution in [-0.2, 0) is 0 Å². The molecule has 5 heteroatoms. The maximum Gasteiger partial charge on any atom is 0.265 e. The average Bonchev–Trinajstić information content (AvgIpc) is 3.51. The molecular weight excluding hydrogens is 326 g/mol. The number of aryl methyl sites for hydroxylation is 3. The van der Waals surface area contributed by atoms with Crippen molar-refractivity contribution < 1.29 is 9.26 Å². The van der Waals surface area contributed by atoms with Crippen molar-refractivity contribution in [3.8, 4) is 17.1 Å². The largest absolute Gasteiger partial charge is 0.471 e. The zero-order valence-corrected chi connectivity index (χ0v) is 15.5. The van der Waals surface area contributed by atoms with E-state index in [0.717, 1.165) is 22.3 Å². The van der Waals surface area contributed by atoms with E-state index in [1.165, 1.54) is 31.2 Å². The highest BCUT2D eigenvalue weighted by molar-refractivity contribution is 5.91. The molecule has 5 nitrogen and oxygen atoms in total. The van der Waals surface area contributed by atoms with E-state index in [-0.39, 0.29) is 6.10 Å². The maximum absolute atomic E-state index is 6.37. The van der Waals surface area contributed by atoms with Crippen LogP contribution in [0.1, 0.15) is 42.6 Å². The van der Waals surface area contributed by atoms with Crippen LogP contribution in [0.5, 0.6) is 5.88 Å². The number of aromatic nitrogens is 3. The number of fused-ring (bicyclic) bond motifs is 1. The highest BCUT2D eigenvalue weighted by Crippen LogP contribution is 2.47. The molecule has 0 N–H and O–H groups in total. The summed E-state index contributed by atoms with van der Waals surface area (Å²) < 4.78 is 12.0. The lowest BCUT2D eigenvalue weighted by Gasteiger charge is -2.17. The van der Waals surface area contributed by atoms with E-state index in [4.69, 9.17) is 9.26 Å². The van der Waals surface area contributed by atoms with Crippen molar-refractivity contribution in [2.45, 2.75) is 52.6 Å². The smallest absolute Gasteiger partial charge is 0.265 e. The molecule has 5 rings (SSSR count). The SMILES string of the molecule is Cc1ccc(-c2noc3c(OC(C4CC4)C4CC4)nc(C)nc23)c(C)c1. The average molecular weight is 349 g/mol. The molecule has 2 aromatic heterocycles. The number of hydrogen-bond acceptors (Lipinski definition) is 5. The highest BCUT2D eigenvalue weighted by Gasteiger charge is 2.44. The quantitative estimate of drug-likeness (QED) is 0.663. The Balaban J connectivity index is 1.59. The van der Waals surface area contributed by atoms with Crippen LogP contribution in [0.3, 0.4) is 0 Å². The first-order valence-electron chi connectivity index (χ1n) is 9.48. The molecular formula is C21H23N3O2. The van der Waals surface area contributed by atoms with Crippen LogP contribution in [-0.4, -0.2) is 21.2 Å². The molecule has 0 radical (unpaired) electrons. The third kappa shape index (κ3) is 2.75. The van der Waals surface area contributed by atoms with Crippen LogP contribution in [0.2, 0.25) is 0 Å². The Morgan fingerprint density at radius 1 is 1.04 bits per heavy atom. The van der Waals surface area contributed by atoms with Gasteiger partial charge in [-0.05, 0) is 63.9 Å². The second kappa shape index (κ2) is 5.79. The van der Waals surface area contributed by atoms with E-state index in [1.54, 1.807) is 0 Å². The van der Waals surface area contributed by atoms with Gasteiger partial charge >= 0.3 is 0 Å². The van der Waals surface area contributed by atoms with E-state index in [9.17, 15) is 0 Å². The zero-order chi connectivity index (χ0) is 17.8. The Kier molecular flexibility index (Phi) is 3.52. The number of rotatable bonds is 5. The van der Waals surface area contributed by atoms with Gasteiger partial charge in [0, 0.05) is 5.56 Å². The molecule has 2 heterocycles. The van der Waals surface area contributed by atoms with Crippen molar-refractivity contribution >= 4 is 11.1 Å². The van der Waals surface area contributed by atoms with Crippen molar-refractivity contribution in [1.82, 2.24) is 15.1 Å². The van der Waals surface area contributed by atoms with Crippen molar-refractivity contribution in [3.05, 3.63) is 35.2 Å². The predicted molar refractivity (Wildman–Crippen MR) is 99.1 cm³/mol. The minimum atomic E-state index is 0.266. The molecule has 0 spiro atoms. The van der Waals surface area contributed by atoms with E-state index < -0.39 is 0 Å². The Morgan fingerprint density at radius 2 is 1.77 bits per heavy atom. The minimum absolute atomic E-state index is 0.266. The zero-order valence-electron chi connectivity index (χ0n) is 15.5. The van der Waals surface area contributed by atoms with Crippen molar-refractivity contribution in [1.29, 1.82) is 0 Å². The summed E-state index contributed by atoms with van der Waals surface area (Å²) in [5.74, 6) is 2.59. The summed E-state index contributed by atoms with van der Waals surface area (Å²) in [5, 5.41) is 4.33. The Labute approximate surface area is 152 Å². The van der Waals surface area contributed by atoms with Gasteiger partial charge in [-0.15, -0.1) is 0 Å². The predicted octanol–water partition coefficient (Wildman–Crippen LogP) is 4.78. The van der Waals surface area contributed by atoms with Gasteiger partial charge in [0.05, 0.1) is 0 Å².